The minimum Gasteiger partial charge on any atom is -0.497 e. The Morgan fingerprint density at radius 2 is 1.58 bits per heavy atom. The molecule has 2 nitrogen and oxygen atoms in total. The minimum atomic E-state index is -5.60. The predicted molar refractivity (Wildman–Crippen MR) is 53.6 cm³/mol. The highest BCUT2D eigenvalue weighted by molar-refractivity contribution is 5.30. The van der Waals surface area contributed by atoms with Crippen LogP contribution in [0.2, 0.25) is 0 Å². The maximum Gasteiger partial charge on any atom is 0.403 e. The first-order valence-corrected chi connectivity index (χ1v) is 5.03. The Kier molecular flexibility index (Phi) is 4.34. The third kappa shape index (κ3) is 3.76. The van der Waals surface area contributed by atoms with E-state index in [0.717, 1.165) is 12.1 Å². The second-order valence-corrected chi connectivity index (χ2v) is 3.78. The van der Waals surface area contributed by atoms with Gasteiger partial charge in [-0.05, 0) is 17.7 Å². The van der Waals surface area contributed by atoms with Crippen LogP contribution in [0.3, 0.4) is 0 Å². The number of rotatable bonds is 3. The zero-order chi connectivity index (χ0) is 14.8. The summed E-state index contributed by atoms with van der Waals surface area (Å²) in [6.45, 7) is 0. The fraction of sp³-hybridized carbons (Fsp3) is 0.455. The molecule has 1 rings (SSSR count). The Balaban J connectivity index is 3.16. The van der Waals surface area contributed by atoms with Crippen molar-refractivity contribution in [1.82, 2.24) is 0 Å². The zero-order valence-electron chi connectivity index (χ0n) is 9.59. The molecule has 0 radical (unpaired) electrons. The summed E-state index contributed by atoms with van der Waals surface area (Å²) < 4.78 is 79.2. The van der Waals surface area contributed by atoms with E-state index in [1.54, 1.807) is 0 Å². The van der Waals surface area contributed by atoms with Crippen molar-refractivity contribution in [3.8, 4) is 5.75 Å². The first-order valence-electron chi connectivity index (χ1n) is 5.03. The van der Waals surface area contributed by atoms with Gasteiger partial charge in [-0.3, -0.25) is 0 Å². The van der Waals surface area contributed by atoms with Gasteiger partial charge in [-0.15, -0.1) is 0 Å². The number of aliphatic hydroxyl groups is 1. The zero-order valence-corrected chi connectivity index (χ0v) is 9.59. The molecule has 0 aromatic heterocycles. The highest BCUT2D eigenvalue weighted by atomic mass is 19.4. The summed E-state index contributed by atoms with van der Waals surface area (Å²) in [6, 6.07) is 4.43. The average molecular weight is 288 g/mol. The van der Waals surface area contributed by atoms with Crippen molar-refractivity contribution in [1.29, 1.82) is 0 Å². The lowest BCUT2D eigenvalue weighted by Gasteiger charge is -2.27. The Hall–Kier alpha value is -1.44. The Bertz CT molecular complexity index is 412. The molecule has 8 heteroatoms. The van der Waals surface area contributed by atoms with Gasteiger partial charge in [-0.2, -0.15) is 26.3 Å². The Morgan fingerprint density at radius 3 is 2.00 bits per heavy atom. The summed E-state index contributed by atoms with van der Waals surface area (Å²) in [6.07, 6.45) is -13.9. The van der Waals surface area contributed by atoms with E-state index < -0.39 is 29.9 Å². The van der Waals surface area contributed by atoms with Crippen molar-refractivity contribution >= 4 is 0 Å². The molecular formula is C11H10F6O2. The van der Waals surface area contributed by atoms with Gasteiger partial charge in [0, 0.05) is 0 Å². The molecule has 0 aliphatic rings. The van der Waals surface area contributed by atoms with Crippen LogP contribution >= 0.6 is 0 Å². The molecule has 0 heterocycles. The summed E-state index contributed by atoms with van der Waals surface area (Å²) in [5.74, 6) is -3.79. The number of halogens is 6. The molecule has 0 fully saturated rings. The lowest BCUT2D eigenvalue weighted by molar-refractivity contribution is -0.307. The molecule has 1 unspecified atom stereocenters. The number of hydrogen-bond acceptors (Lipinski definition) is 2. The molecule has 0 amide bonds. The number of hydrogen-bond donors (Lipinski definition) is 1. The van der Waals surface area contributed by atoms with Gasteiger partial charge in [-0.25, -0.2) is 0 Å². The van der Waals surface area contributed by atoms with Crippen molar-refractivity contribution in [2.24, 2.45) is 5.92 Å². The van der Waals surface area contributed by atoms with Crippen LogP contribution < -0.4 is 4.74 Å². The molecule has 1 aromatic carbocycles. The molecule has 108 valence electrons. The average Bonchev–Trinajstić information content (AvgIpc) is 2.25. The standard InChI is InChI=1S/C11H10F6O2/c1-19-7-4-2-3-6(5-7)8(18)9(10(12,13)14)11(15,16)17/h2-5,8-9,18H,1H3. The lowest BCUT2D eigenvalue weighted by atomic mass is 9.94. The smallest absolute Gasteiger partial charge is 0.403 e. The van der Waals surface area contributed by atoms with Crippen molar-refractivity contribution in [3.63, 3.8) is 0 Å². The second-order valence-electron chi connectivity index (χ2n) is 3.78. The molecule has 0 spiro atoms. The van der Waals surface area contributed by atoms with Gasteiger partial charge in [0.1, 0.15) is 5.75 Å². The molecule has 1 atom stereocenters. The van der Waals surface area contributed by atoms with Crippen LogP contribution in [0.1, 0.15) is 11.7 Å². The van der Waals surface area contributed by atoms with Gasteiger partial charge >= 0.3 is 12.4 Å². The fourth-order valence-corrected chi connectivity index (χ4v) is 1.56. The first kappa shape index (κ1) is 15.6. The van der Waals surface area contributed by atoms with Crippen LogP contribution in [-0.4, -0.2) is 24.6 Å². The summed E-state index contributed by atoms with van der Waals surface area (Å²) >= 11 is 0. The van der Waals surface area contributed by atoms with E-state index in [9.17, 15) is 31.4 Å². The molecular weight excluding hydrogens is 278 g/mol. The number of benzene rings is 1. The van der Waals surface area contributed by atoms with Gasteiger partial charge in [0.15, 0.2) is 5.92 Å². The van der Waals surface area contributed by atoms with Crippen molar-refractivity contribution < 1.29 is 36.2 Å². The van der Waals surface area contributed by atoms with Crippen LogP contribution in [0.4, 0.5) is 26.3 Å². The van der Waals surface area contributed by atoms with Gasteiger partial charge < -0.3 is 9.84 Å². The number of ether oxygens (including phenoxy) is 1. The molecule has 0 aliphatic carbocycles. The summed E-state index contributed by atoms with van der Waals surface area (Å²) in [5, 5.41) is 9.38. The molecule has 0 aliphatic heterocycles. The number of alkyl halides is 6. The third-order valence-electron chi connectivity index (χ3n) is 2.46. The molecule has 0 saturated heterocycles. The second kappa shape index (κ2) is 5.28. The fourth-order valence-electron chi connectivity index (χ4n) is 1.56. The molecule has 0 saturated carbocycles. The largest absolute Gasteiger partial charge is 0.497 e. The van der Waals surface area contributed by atoms with Crippen molar-refractivity contribution in [2.75, 3.05) is 7.11 Å². The Morgan fingerprint density at radius 1 is 1.05 bits per heavy atom. The van der Waals surface area contributed by atoms with Crippen LogP contribution in [0.15, 0.2) is 24.3 Å². The van der Waals surface area contributed by atoms with E-state index in [1.165, 1.54) is 19.2 Å². The SMILES string of the molecule is COc1cccc(C(O)C(C(F)(F)F)C(F)(F)F)c1. The van der Waals surface area contributed by atoms with Gasteiger partial charge in [0.05, 0.1) is 13.2 Å². The predicted octanol–water partition coefficient (Wildman–Crippen LogP) is 3.47. The van der Waals surface area contributed by atoms with Gasteiger partial charge in [0.25, 0.3) is 0 Å². The van der Waals surface area contributed by atoms with E-state index in [0.29, 0.717) is 0 Å². The summed E-state index contributed by atoms with van der Waals surface area (Å²) in [4.78, 5) is 0. The highest BCUT2D eigenvalue weighted by Gasteiger charge is 2.60. The Labute approximate surface area is 104 Å². The number of aliphatic hydroxyl groups excluding tert-OH is 1. The van der Waals surface area contributed by atoms with Crippen molar-refractivity contribution in [3.05, 3.63) is 29.8 Å². The highest BCUT2D eigenvalue weighted by Crippen LogP contribution is 2.46. The first-order chi connectivity index (χ1) is 8.57. The normalized spacial score (nSPS) is 14.6. The molecule has 0 bridgehead atoms. The summed E-state index contributed by atoms with van der Waals surface area (Å²) in [5.41, 5.74) is -0.515. The van der Waals surface area contributed by atoms with E-state index in [-0.39, 0.29) is 5.75 Å². The monoisotopic (exact) mass is 288 g/mol. The molecule has 19 heavy (non-hydrogen) atoms. The molecule has 1 aromatic rings. The van der Waals surface area contributed by atoms with Crippen LogP contribution in [0, 0.1) is 5.92 Å². The van der Waals surface area contributed by atoms with Crippen LogP contribution in [-0.2, 0) is 0 Å². The number of methoxy groups -OCH3 is 1. The summed E-state index contributed by atoms with van der Waals surface area (Å²) in [7, 11) is 1.20. The maximum absolute atomic E-state index is 12.4. The van der Waals surface area contributed by atoms with E-state index in [4.69, 9.17) is 0 Å². The van der Waals surface area contributed by atoms with Crippen LogP contribution in [0.5, 0.6) is 5.75 Å². The van der Waals surface area contributed by atoms with E-state index in [2.05, 4.69) is 4.74 Å². The van der Waals surface area contributed by atoms with E-state index in [1.807, 2.05) is 0 Å². The minimum absolute atomic E-state index is 0.0552. The van der Waals surface area contributed by atoms with Crippen molar-refractivity contribution in [2.45, 2.75) is 18.5 Å². The van der Waals surface area contributed by atoms with Crippen LogP contribution in [0.25, 0.3) is 0 Å². The van der Waals surface area contributed by atoms with Gasteiger partial charge in [0.2, 0.25) is 0 Å². The third-order valence-corrected chi connectivity index (χ3v) is 2.46. The molecule has 1 N–H and O–H groups in total. The maximum atomic E-state index is 12.4. The lowest BCUT2D eigenvalue weighted by Crippen LogP contribution is -2.40. The topological polar surface area (TPSA) is 29.5 Å². The van der Waals surface area contributed by atoms with E-state index >= 15 is 0 Å². The quantitative estimate of drug-likeness (QED) is 0.863. The van der Waals surface area contributed by atoms with Gasteiger partial charge in [-0.1, -0.05) is 12.1 Å².